The summed E-state index contributed by atoms with van der Waals surface area (Å²) in [7, 11) is 1.33. The lowest BCUT2D eigenvalue weighted by atomic mass is 9.94. The van der Waals surface area contributed by atoms with E-state index in [1.165, 1.54) is 7.11 Å². The number of hydrogen-bond acceptors (Lipinski definition) is 4. The summed E-state index contributed by atoms with van der Waals surface area (Å²) in [6, 6.07) is 6.84. The maximum Gasteiger partial charge on any atom is 0.325 e. The van der Waals surface area contributed by atoms with Crippen molar-refractivity contribution >= 4 is 5.97 Å². The summed E-state index contributed by atoms with van der Waals surface area (Å²) in [5, 5.41) is 9.11. The molecule has 0 saturated carbocycles. The highest BCUT2D eigenvalue weighted by atomic mass is 16.5. The Morgan fingerprint density at radius 2 is 2.00 bits per heavy atom. The van der Waals surface area contributed by atoms with Crippen molar-refractivity contribution in [3.8, 4) is 5.75 Å². The van der Waals surface area contributed by atoms with Crippen molar-refractivity contribution in [3.63, 3.8) is 0 Å². The average molecular weight is 223 g/mol. The lowest BCUT2D eigenvalue weighted by Crippen LogP contribution is -2.46. The predicted octanol–water partition coefficient (Wildman–Crippen LogP) is 1.22. The Morgan fingerprint density at radius 1 is 1.44 bits per heavy atom. The van der Waals surface area contributed by atoms with Crippen molar-refractivity contribution in [1.29, 1.82) is 0 Å². The molecule has 0 bridgehead atoms. The largest absolute Gasteiger partial charge is 0.508 e. The quantitative estimate of drug-likeness (QED) is 0.753. The summed E-state index contributed by atoms with van der Waals surface area (Å²) in [6.07, 6.45) is 1.17. The van der Waals surface area contributed by atoms with Gasteiger partial charge in [-0.15, -0.1) is 0 Å². The van der Waals surface area contributed by atoms with Gasteiger partial charge in [-0.25, -0.2) is 0 Å². The van der Waals surface area contributed by atoms with Crippen LogP contribution in [0.3, 0.4) is 0 Å². The highest BCUT2D eigenvalue weighted by Gasteiger charge is 2.28. The van der Waals surface area contributed by atoms with Gasteiger partial charge in [-0.3, -0.25) is 4.79 Å². The van der Waals surface area contributed by atoms with Gasteiger partial charge in [0.25, 0.3) is 0 Å². The summed E-state index contributed by atoms with van der Waals surface area (Å²) in [4.78, 5) is 11.3. The van der Waals surface area contributed by atoms with Crippen LogP contribution < -0.4 is 5.73 Å². The molecule has 1 aromatic carbocycles. The van der Waals surface area contributed by atoms with E-state index >= 15 is 0 Å². The molecule has 0 aliphatic carbocycles. The number of aryl methyl sites for hydroxylation is 1. The minimum Gasteiger partial charge on any atom is -0.508 e. The standard InChI is InChI=1S/C12H17NO3/c1-12(13,11(15)16-2)8-7-9-3-5-10(14)6-4-9/h3-6,14H,7-8,13H2,1-2H3. The molecule has 0 amide bonds. The molecular formula is C12H17NO3. The first-order chi connectivity index (χ1) is 7.45. The van der Waals surface area contributed by atoms with Crippen LogP contribution in [0.5, 0.6) is 5.75 Å². The van der Waals surface area contributed by atoms with Gasteiger partial charge in [0.05, 0.1) is 7.11 Å². The van der Waals surface area contributed by atoms with Crippen molar-refractivity contribution in [1.82, 2.24) is 0 Å². The first-order valence-electron chi connectivity index (χ1n) is 5.11. The molecule has 0 aromatic heterocycles. The fourth-order valence-corrected chi connectivity index (χ4v) is 1.40. The minimum absolute atomic E-state index is 0.229. The van der Waals surface area contributed by atoms with E-state index in [9.17, 15) is 4.79 Å². The number of benzene rings is 1. The van der Waals surface area contributed by atoms with E-state index in [-0.39, 0.29) is 5.75 Å². The normalized spacial score (nSPS) is 14.2. The molecule has 4 nitrogen and oxygen atoms in total. The summed E-state index contributed by atoms with van der Waals surface area (Å²) in [5.41, 5.74) is 5.89. The third-order valence-electron chi connectivity index (χ3n) is 2.52. The van der Waals surface area contributed by atoms with E-state index in [1.807, 2.05) is 12.1 Å². The molecule has 0 spiro atoms. The third-order valence-corrected chi connectivity index (χ3v) is 2.52. The van der Waals surface area contributed by atoms with E-state index in [0.717, 1.165) is 5.56 Å². The van der Waals surface area contributed by atoms with Gasteiger partial charge >= 0.3 is 5.97 Å². The number of methoxy groups -OCH3 is 1. The third kappa shape index (κ3) is 3.24. The van der Waals surface area contributed by atoms with Crippen LogP contribution in [0, 0.1) is 0 Å². The second kappa shape index (κ2) is 4.99. The fourth-order valence-electron chi connectivity index (χ4n) is 1.40. The number of nitrogens with two attached hydrogens (primary N) is 1. The summed E-state index contributed by atoms with van der Waals surface area (Å²) in [5.74, 6) is -0.182. The number of ether oxygens (including phenoxy) is 1. The van der Waals surface area contributed by atoms with Crippen LogP contribution in [-0.2, 0) is 16.0 Å². The number of carbonyl (C=O) groups excluding carboxylic acids is 1. The van der Waals surface area contributed by atoms with Crippen LogP contribution in [0.2, 0.25) is 0 Å². The van der Waals surface area contributed by atoms with Gasteiger partial charge in [-0.1, -0.05) is 12.1 Å². The minimum atomic E-state index is -0.966. The lowest BCUT2D eigenvalue weighted by Gasteiger charge is -2.21. The number of aromatic hydroxyl groups is 1. The molecule has 0 aliphatic heterocycles. The number of hydrogen-bond donors (Lipinski definition) is 2. The topological polar surface area (TPSA) is 72.5 Å². The molecule has 1 aromatic rings. The Hall–Kier alpha value is -1.55. The van der Waals surface area contributed by atoms with Crippen molar-refractivity contribution in [2.45, 2.75) is 25.3 Å². The monoisotopic (exact) mass is 223 g/mol. The molecule has 4 heteroatoms. The van der Waals surface area contributed by atoms with Crippen LogP contribution in [-0.4, -0.2) is 23.7 Å². The van der Waals surface area contributed by atoms with Gasteiger partial charge in [0.1, 0.15) is 11.3 Å². The summed E-state index contributed by atoms with van der Waals surface area (Å²) in [6.45, 7) is 1.65. The smallest absolute Gasteiger partial charge is 0.325 e. The number of rotatable bonds is 4. The summed E-state index contributed by atoms with van der Waals surface area (Å²) >= 11 is 0. The first kappa shape index (κ1) is 12.5. The van der Waals surface area contributed by atoms with Crippen LogP contribution >= 0.6 is 0 Å². The van der Waals surface area contributed by atoms with E-state index < -0.39 is 11.5 Å². The molecule has 0 saturated heterocycles. The van der Waals surface area contributed by atoms with Gasteiger partial charge in [0, 0.05) is 0 Å². The Bertz CT molecular complexity index is 357. The predicted molar refractivity (Wildman–Crippen MR) is 61.0 cm³/mol. The van der Waals surface area contributed by atoms with Crippen molar-refractivity contribution in [2.24, 2.45) is 5.73 Å². The van der Waals surface area contributed by atoms with E-state index in [2.05, 4.69) is 4.74 Å². The van der Waals surface area contributed by atoms with Gasteiger partial charge in [0.2, 0.25) is 0 Å². The molecule has 88 valence electrons. The molecule has 0 aliphatic rings. The lowest BCUT2D eigenvalue weighted by molar-refractivity contribution is -0.146. The second-order valence-electron chi connectivity index (χ2n) is 4.08. The zero-order valence-corrected chi connectivity index (χ0v) is 9.56. The molecule has 1 rings (SSSR count). The van der Waals surface area contributed by atoms with Crippen LogP contribution in [0.15, 0.2) is 24.3 Å². The van der Waals surface area contributed by atoms with Crippen LogP contribution in [0.1, 0.15) is 18.9 Å². The molecule has 1 atom stereocenters. The molecule has 1 unspecified atom stereocenters. The highest BCUT2D eigenvalue weighted by Crippen LogP contribution is 2.15. The number of carbonyl (C=O) groups is 1. The maximum absolute atomic E-state index is 11.3. The summed E-state index contributed by atoms with van der Waals surface area (Å²) < 4.78 is 4.62. The molecule has 0 heterocycles. The molecule has 3 N–H and O–H groups in total. The molecule has 16 heavy (non-hydrogen) atoms. The number of phenolic OH excluding ortho intramolecular Hbond substituents is 1. The highest BCUT2D eigenvalue weighted by molar-refractivity contribution is 5.79. The van der Waals surface area contributed by atoms with Crippen molar-refractivity contribution in [2.75, 3.05) is 7.11 Å². The number of esters is 1. The van der Waals surface area contributed by atoms with Crippen LogP contribution in [0.25, 0.3) is 0 Å². The molecular weight excluding hydrogens is 206 g/mol. The van der Waals surface area contributed by atoms with E-state index in [4.69, 9.17) is 10.8 Å². The van der Waals surface area contributed by atoms with Crippen LogP contribution in [0.4, 0.5) is 0 Å². The van der Waals surface area contributed by atoms with Gasteiger partial charge in [0.15, 0.2) is 0 Å². The maximum atomic E-state index is 11.3. The van der Waals surface area contributed by atoms with E-state index in [0.29, 0.717) is 12.8 Å². The zero-order valence-electron chi connectivity index (χ0n) is 9.56. The molecule has 0 radical (unpaired) electrons. The van der Waals surface area contributed by atoms with Gasteiger partial charge in [-0.2, -0.15) is 0 Å². The Morgan fingerprint density at radius 3 is 2.50 bits per heavy atom. The molecule has 0 fully saturated rings. The fraction of sp³-hybridized carbons (Fsp3) is 0.417. The Balaban J connectivity index is 2.57. The van der Waals surface area contributed by atoms with Crippen molar-refractivity contribution in [3.05, 3.63) is 29.8 Å². The van der Waals surface area contributed by atoms with Gasteiger partial charge < -0.3 is 15.6 Å². The first-order valence-corrected chi connectivity index (χ1v) is 5.11. The Labute approximate surface area is 95.0 Å². The van der Waals surface area contributed by atoms with E-state index in [1.54, 1.807) is 19.1 Å². The van der Waals surface area contributed by atoms with Gasteiger partial charge in [-0.05, 0) is 37.5 Å². The Kier molecular flexibility index (Phi) is 3.90. The second-order valence-corrected chi connectivity index (χ2v) is 4.08. The number of phenols is 1. The average Bonchev–Trinajstić information content (AvgIpc) is 2.27. The van der Waals surface area contributed by atoms with Crippen molar-refractivity contribution < 1.29 is 14.6 Å². The zero-order chi connectivity index (χ0) is 12.2. The SMILES string of the molecule is COC(=O)C(C)(N)CCc1ccc(O)cc1.